The summed E-state index contributed by atoms with van der Waals surface area (Å²) in [6.07, 6.45) is 1.44. The van der Waals surface area contributed by atoms with Crippen molar-refractivity contribution < 1.29 is 0 Å². The fourth-order valence-corrected chi connectivity index (χ4v) is 2.83. The molecule has 3 aliphatic heterocycles. The molecule has 64 valence electrons. The lowest BCUT2D eigenvalue weighted by Crippen LogP contribution is -2.65. The highest BCUT2D eigenvalue weighted by Crippen LogP contribution is 2.35. The van der Waals surface area contributed by atoms with Gasteiger partial charge in [0, 0.05) is 54.1 Å². The third-order valence-electron chi connectivity index (χ3n) is 2.86. The van der Waals surface area contributed by atoms with Crippen molar-refractivity contribution in [3.63, 3.8) is 0 Å². The van der Waals surface area contributed by atoms with E-state index in [4.69, 9.17) is 0 Å². The van der Waals surface area contributed by atoms with E-state index in [1.54, 1.807) is 0 Å². The van der Waals surface area contributed by atoms with Gasteiger partial charge in [-0.05, 0) is 20.3 Å². The van der Waals surface area contributed by atoms with Gasteiger partial charge in [-0.25, -0.2) is 3.11 Å². The molecule has 11 heavy (non-hydrogen) atoms. The zero-order valence-corrected chi connectivity index (χ0v) is 9.28. The van der Waals surface area contributed by atoms with Gasteiger partial charge in [-0.1, -0.05) is 0 Å². The Labute approximate surface area is 82.4 Å². The van der Waals surface area contributed by atoms with Crippen LogP contribution in [0.3, 0.4) is 0 Å². The van der Waals surface area contributed by atoms with Crippen molar-refractivity contribution in [2.45, 2.75) is 38.4 Å². The van der Waals surface area contributed by atoms with Crippen molar-refractivity contribution in [1.82, 2.24) is 8.01 Å². The third kappa shape index (κ3) is 1.31. The van der Waals surface area contributed by atoms with Crippen molar-refractivity contribution in [1.29, 1.82) is 0 Å². The SMILES string of the molecule is CC(C)N1CC2CC(C1)N2I. The fraction of sp³-hybridized carbons (Fsp3) is 1.00. The van der Waals surface area contributed by atoms with Crippen molar-refractivity contribution in [2.75, 3.05) is 13.1 Å². The summed E-state index contributed by atoms with van der Waals surface area (Å²) in [5, 5.41) is 0. The van der Waals surface area contributed by atoms with Gasteiger partial charge in [-0.2, -0.15) is 0 Å². The number of piperazine rings is 1. The van der Waals surface area contributed by atoms with Crippen molar-refractivity contribution in [2.24, 2.45) is 0 Å². The van der Waals surface area contributed by atoms with Gasteiger partial charge in [0.25, 0.3) is 0 Å². The van der Waals surface area contributed by atoms with E-state index in [9.17, 15) is 0 Å². The predicted octanol–water partition coefficient (Wildman–Crippen LogP) is 1.50. The number of hydrogen-bond donors (Lipinski definition) is 0. The van der Waals surface area contributed by atoms with E-state index >= 15 is 0 Å². The van der Waals surface area contributed by atoms with E-state index in [1.807, 2.05) is 0 Å². The maximum absolute atomic E-state index is 2.59. The molecule has 2 bridgehead atoms. The van der Waals surface area contributed by atoms with Gasteiger partial charge < -0.3 is 0 Å². The number of halogens is 1. The average Bonchev–Trinajstić information content (AvgIpc) is 2.03. The topological polar surface area (TPSA) is 6.48 Å². The molecular weight excluding hydrogens is 251 g/mol. The molecule has 0 aromatic heterocycles. The molecule has 0 aromatic rings. The number of fused-ring (bicyclic) bond motifs is 2. The summed E-state index contributed by atoms with van der Waals surface area (Å²) in [6, 6.07) is 2.46. The molecule has 2 atom stereocenters. The molecule has 0 radical (unpaired) electrons. The quantitative estimate of drug-likeness (QED) is 0.524. The van der Waals surface area contributed by atoms with Crippen LogP contribution in [0.1, 0.15) is 20.3 Å². The molecule has 0 N–H and O–H groups in total. The van der Waals surface area contributed by atoms with Crippen molar-refractivity contribution in [3.8, 4) is 0 Å². The first-order valence-corrected chi connectivity index (χ1v) is 5.33. The predicted molar refractivity (Wildman–Crippen MR) is 54.8 cm³/mol. The highest BCUT2D eigenvalue weighted by atomic mass is 127. The van der Waals surface area contributed by atoms with Gasteiger partial charge in [-0.3, -0.25) is 4.90 Å². The molecule has 3 aliphatic rings. The van der Waals surface area contributed by atoms with Crippen molar-refractivity contribution in [3.05, 3.63) is 0 Å². The summed E-state index contributed by atoms with van der Waals surface area (Å²) in [5.74, 6) is 0. The van der Waals surface area contributed by atoms with E-state index in [0.717, 1.165) is 18.1 Å². The Bertz CT molecular complexity index is 148. The first kappa shape index (κ1) is 8.26. The van der Waals surface area contributed by atoms with E-state index < -0.39 is 0 Å². The maximum Gasteiger partial charge on any atom is 0.0340 e. The molecule has 3 fully saturated rings. The van der Waals surface area contributed by atoms with Crippen LogP contribution in [-0.2, 0) is 0 Å². The smallest absolute Gasteiger partial charge is 0.0340 e. The zero-order valence-electron chi connectivity index (χ0n) is 7.13. The van der Waals surface area contributed by atoms with Crippen LogP contribution in [0.2, 0.25) is 0 Å². The molecule has 0 saturated carbocycles. The lowest BCUT2D eigenvalue weighted by atomic mass is 9.90. The van der Waals surface area contributed by atoms with E-state index in [2.05, 4.69) is 44.7 Å². The minimum atomic E-state index is 0.741. The Kier molecular flexibility index (Phi) is 2.14. The normalized spacial score (nSPS) is 39.3. The van der Waals surface area contributed by atoms with Crippen LogP contribution in [0, 0.1) is 0 Å². The number of rotatable bonds is 1. The number of hydrogen-bond acceptors (Lipinski definition) is 2. The van der Waals surface area contributed by atoms with E-state index in [1.165, 1.54) is 19.5 Å². The second-order valence-electron chi connectivity index (χ2n) is 3.94. The van der Waals surface area contributed by atoms with Gasteiger partial charge in [0.2, 0.25) is 0 Å². The van der Waals surface area contributed by atoms with E-state index in [-0.39, 0.29) is 0 Å². The monoisotopic (exact) mass is 266 g/mol. The molecule has 0 spiro atoms. The molecule has 3 heteroatoms. The minimum absolute atomic E-state index is 0.741. The van der Waals surface area contributed by atoms with Crippen LogP contribution in [0.25, 0.3) is 0 Å². The van der Waals surface area contributed by atoms with Gasteiger partial charge in [0.05, 0.1) is 0 Å². The van der Waals surface area contributed by atoms with Crippen LogP contribution in [0.15, 0.2) is 0 Å². The Morgan fingerprint density at radius 3 is 2.18 bits per heavy atom. The lowest BCUT2D eigenvalue weighted by Gasteiger charge is -2.54. The number of nitrogens with zero attached hydrogens (tertiary/aromatic N) is 2. The van der Waals surface area contributed by atoms with Gasteiger partial charge in [0.15, 0.2) is 0 Å². The summed E-state index contributed by atoms with van der Waals surface area (Å²) in [5.41, 5.74) is 0. The van der Waals surface area contributed by atoms with E-state index in [0.29, 0.717) is 0 Å². The second-order valence-corrected chi connectivity index (χ2v) is 5.05. The molecule has 0 aromatic carbocycles. The maximum atomic E-state index is 2.59. The molecule has 3 rings (SSSR count). The third-order valence-corrected chi connectivity index (χ3v) is 4.44. The van der Waals surface area contributed by atoms with Crippen molar-refractivity contribution >= 4 is 22.9 Å². The molecule has 2 unspecified atom stereocenters. The second kappa shape index (κ2) is 2.85. The lowest BCUT2D eigenvalue weighted by molar-refractivity contribution is -0.000339. The molecule has 0 aliphatic carbocycles. The van der Waals surface area contributed by atoms with Gasteiger partial charge in [-0.15, -0.1) is 0 Å². The van der Waals surface area contributed by atoms with Crippen LogP contribution in [0.4, 0.5) is 0 Å². The summed E-state index contributed by atoms with van der Waals surface area (Å²) < 4.78 is 2.50. The Balaban J connectivity index is 1.94. The standard InChI is InChI=1S/C8H15IN2/c1-6(2)10-4-7-3-8(5-10)11(7)9/h6-8H,3-5H2,1-2H3. The summed E-state index contributed by atoms with van der Waals surface area (Å²) in [4.78, 5) is 2.59. The van der Waals surface area contributed by atoms with Crippen LogP contribution < -0.4 is 0 Å². The van der Waals surface area contributed by atoms with Crippen LogP contribution in [0.5, 0.6) is 0 Å². The largest absolute Gasteiger partial charge is 0.298 e. The van der Waals surface area contributed by atoms with Gasteiger partial charge >= 0.3 is 0 Å². The Hall–Kier alpha value is 0.650. The highest BCUT2D eigenvalue weighted by Gasteiger charge is 2.43. The summed E-state index contributed by atoms with van der Waals surface area (Å²) in [6.45, 7) is 7.17. The number of piperidine rings is 1. The van der Waals surface area contributed by atoms with Crippen LogP contribution in [-0.4, -0.2) is 39.2 Å². The molecular formula is C8H15IN2. The summed E-state index contributed by atoms with van der Waals surface area (Å²) >= 11 is 2.47. The Morgan fingerprint density at radius 1 is 1.27 bits per heavy atom. The zero-order chi connectivity index (χ0) is 8.01. The first-order chi connectivity index (χ1) is 5.18. The molecule has 3 heterocycles. The average molecular weight is 266 g/mol. The molecule has 3 saturated heterocycles. The highest BCUT2D eigenvalue weighted by molar-refractivity contribution is 14.1. The van der Waals surface area contributed by atoms with Gasteiger partial charge in [0.1, 0.15) is 0 Å². The molecule has 2 nitrogen and oxygen atoms in total. The fourth-order valence-electron chi connectivity index (χ4n) is 2.02. The first-order valence-electron chi connectivity index (χ1n) is 4.36. The van der Waals surface area contributed by atoms with Crippen LogP contribution >= 0.6 is 22.9 Å². The molecule has 0 amide bonds. The Morgan fingerprint density at radius 2 is 1.82 bits per heavy atom. The summed E-state index contributed by atoms with van der Waals surface area (Å²) in [7, 11) is 0. The minimum Gasteiger partial charge on any atom is -0.298 e.